The zero-order valence-electron chi connectivity index (χ0n) is 22.2. The number of fused-ring (bicyclic) bond motifs is 3. The number of carbonyl (C=O) groups excluding carboxylic acids is 2. The number of thiazole rings is 1. The SMILES string of the molecule is CCN(CC)Cc1nc2sc3c(c2c(=O)n1CC(=O)Nc1nc(C)c(C(=O)OCC(C)C)s1)CCCC3. The number of thiophene rings is 1. The molecule has 0 aliphatic heterocycles. The predicted octanol–water partition coefficient (Wildman–Crippen LogP) is 4.40. The van der Waals surface area contributed by atoms with E-state index < -0.39 is 5.97 Å². The van der Waals surface area contributed by atoms with Crippen LogP contribution in [-0.2, 0) is 35.5 Å². The van der Waals surface area contributed by atoms with E-state index in [0.717, 1.165) is 60.5 Å². The lowest BCUT2D eigenvalue weighted by Crippen LogP contribution is -2.34. The van der Waals surface area contributed by atoms with Gasteiger partial charge in [-0.3, -0.25) is 19.1 Å². The van der Waals surface area contributed by atoms with Crippen LogP contribution < -0.4 is 10.9 Å². The van der Waals surface area contributed by atoms with Crippen LogP contribution in [0.5, 0.6) is 0 Å². The Morgan fingerprint density at radius 3 is 2.57 bits per heavy atom. The van der Waals surface area contributed by atoms with Gasteiger partial charge < -0.3 is 10.1 Å². The second-order valence-corrected chi connectivity index (χ2v) is 11.8. The number of hydrogen-bond acceptors (Lipinski definition) is 9. The fraction of sp³-hybridized carbons (Fsp3) is 0.577. The van der Waals surface area contributed by atoms with Gasteiger partial charge in [0.05, 0.1) is 24.2 Å². The Bertz CT molecular complexity index is 1350. The van der Waals surface area contributed by atoms with Gasteiger partial charge in [0.15, 0.2) is 5.13 Å². The number of anilines is 1. The lowest BCUT2D eigenvalue weighted by molar-refractivity contribution is -0.116. The summed E-state index contributed by atoms with van der Waals surface area (Å²) in [6, 6.07) is 0. The quantitative estimate of drug-likeness (QED) is 0.377. The summed E-state index contributed by atoms with van der Waals surface area (Å²) in [5, 5.41) is 3.74. The van der Waals surface area contributed by atoms with Gasteiger partial charge in [-0.05, 0) is 57.2 Å². The van der Waals surface area contributed by atoms with E-state index in [-0.39, 0.29) is 23.9 Å². The first kappa shape index (κ1) is 27.4. The monoisotopic (exact) mass is 545 g/mol. The topological polar surface area (TPSA) is 106 Å². The second-order valence-electron chi connectivity index (χ2n) is 9.75. The van der Waals surface area contributed by atoms with Crippen molar-refractivity contribution in [2.24, 2.45) is 5.92 Å². The first-order valence-electron chi connectivity index (χ1n) is 12.9. The number of carbonyl (C=O) groups is 2. The maximum Gasteiger partial charge on any atom is 0.350 e. The van der Waals surface area contributed by atoms with Crippen molar-refractivity contribution >= 4 is 49.9 Å². The number of aryl methyl sites for hydroxylation is 3. The molecule has 1 aliphatic carbocycles. The summed E-state index contributed by atoms with van der Waals surface area (Å²) in [7, 11) is 0. The van der Waals surface area contributed by atoms with Crippen molar-refractivity contribution < 1.29 is 14.3 Å². The van der Waals surface area contributed by atoms with E-state index >= 15 is 0 Å². The molecule has 0 bridgehead atoms. The average molecular weight is 546 g/mol. The van der Waals surface area contributed by atoms with Gasteiger partial charge in [0.25, 0.3) is 5.56 Å². The van der Waals surface area contributed by atoms with E-state index in [1.807, 2.05) is 13.8 Å². The Balaban J connectivity index is 1.62. The second kappa shape index (κ2) is 11.8. The number of nitrogens with zero attached hydrogens (tertiary/aromatic N) is 4. The van der Waals surface area contributed by atoms with Gasteiger partial charge in [0.1, 0.15) is 22.1 Å². The normalized spacial score (nSPS) is 13.4. The minimum absolute atomic E-state index is 0.157. The minimum Gasteiger partial charge on any atom is -0.461 e. The largest absolute Gasteiger partial charge is 0.461 e. The molecule has 1 N–H and O–H groups in total. The van der Waals surface area contributed by atoms with Crippen LogP contribution in [0.1, 0.15) is 72.2 Å². The molecule has 3 aromatic rings. The van der Waals surface area contributed by atoms with E-state index in [1.54, 1.807) is 18.3 Å². The van der Waals surface area contributed by atoms with Crippen LogP contribution in [-0.4, -0.2) is 51.0 Å². The Morgan fingerprint density at radius 2 is 1.86 bits per heavy atom. The molecular formula is C26H35N5O4S2. The molecule has 0 unspecified atom stereocenters. The van der Waals surface area contributed by atoms with Gasteiger partial charge in [-0.1, -0.05) is 39.0 Å². The highest BCUT2D eigenvalue weighted by Crippen LogP contribution is 2.34. The molecule has 0 atom stereocenters. The van der Waals surface area contributed by atoms with Crippen LogP contribution in [0.15, 0.2) is 4.79 Å². The summed E-state index contributed by atoms with van der Waals surface area (Å²) in [6.45, 7) is 12.0. The molecule has 0 fully saturated rings. The van der Waals surface area contributed by atoms with Crippen LogP contribution in [0.25, 0.3) is 10.2 Å². The molecule has 1 amide bonds. The van der Waals surface area contributed by atoms with Crippen molar-refractivity contribution in [2.75, 3.05) is 25.0 Å². The molecule has 200 valence electrons. The third-order valence-electron chi connectivity index (χ3n) is 6.49. The maximum atomic E-state index is 13.8. The summed E-state index contributed by atoms with van der Waals surface area (Å²) < 4.78 is 6.82. The lowest BCUT2D eigenvalue weighted by atomic mass is 9.97. The molecule has 9 nitrogen and oxygen atoms in total. The first-order chi connectivity index (χ1) is 17.7. The smallest absolute Gasteiger partial charge is 0.350 e. The molecule has 3 aromatic heterocycles. The number of esters is 1. The Morgan fingerprint density at radius 1 is 1.14 bits per heavy atom. The summed E-state index contributed by atoms with van der Waals surface area (Å²) in [4.78, 5) is 53.1. The van der Waals surface area contributed by atoms with Crippen molar-refractivity contribution in [3.05, 3.63) is 37.2 Å². The van der Waals surface area contributed by atoms with Crippen LogP contribution in [0, 0.1) is 12.8 Å². The zero-order valence-corrected chi connectivity index (χ0v) is 23.8. The Hall–Kier alpha value is -2.63. The van der Waals surface area contributed by atoms with E-state index in [1.165, 1.54) is 9.44 Å². The lowest BCUT2D eigenvalue weighted by Gasteiger charge is -2.20. The minimum atomic E-state index is -0.446. The molecule has 0 radical (unpaired) electrons. The molecule has 0 saturated carbocycles. The van der Waals surface area contributed by atoms with Gasteiger partial charge in [0.2, 0.25) is 5.91 Å². The molecule has 4 rings (SSSR count). The summed E-state index contributed by atoms with van der Waals surface area (Å²) >= 11 is 2.70. The highest BCUT2D eigenvalue weighted by Gasteiger charge is 2.24. The maximum absolute atomic E-state index is 13.8. The van der Waals surface area contributed by atoms with Crippen molar-refractivity contribution in [1.29, 1.82) is 0 Å². The highest BCUT2D eigenvalue weighted by molar-refractivity contribution is 7.19. The van der Waals surface area contributed by atoms with Crippen molar-refractivity contribution in [2.45, 2.75) is 73.4 Å². The number of aromatic nitrogens is 3. The van der Waals surface area contributed by atoms with Crippen LogP contribution in [0.4, 0.5) is 5.13 Å². The number of hydrogen-bond donors (Lipinski definition) is 1. The molecule has 3 heterocycles. The van der Waals surface area contributed by atoms with Gasteiger partial charge in [0, 0.05) is 4.88 Å². The van der Waals surface area contributed by atoms with E-state index in [4.69, 9.17) is 9.72 Å². The number of amides is 1. The van der Waals surface area contributed by atoms with Crippen molar-refractivity contribution in [3.8, 4) is 0 Å². The standard InChI is InChI=1S/C26H35N5O4S2/c1-6-30(7-2)12-19-28-23-21(17-10-8-9-11-18(17)36-23)24(33)31(19)13-20(32)29-26-27-16(5)22(37-26)25(34)35-14-15(3)4/h15H,6-14H2,1-5H3,(H,27,29,32). The third kappa shape index (κ3) is 6.10. The van der Waals surface area contributed by atoms with Crippen molar-refractivity contribution in [1.82, 2.24) is 19.4 Å². The summed E-state index contributed by atoms with van der Waals surface area (Å²) in [5.41, 5.74) is 1.45. The van der Waals surface area contributed by atoms with E-state index in [0.29, 0.717) is 40.1 Å². The highest BCUT2D eigenvalue weighted by atomic mass is 32.1. The van der Waals surface area contributed by atoms with Crippen LogP contribution in [0.2, 0.25) is 0 Å². The zero-order chi connectivity index (χ0) is 26.7. The van der Waals surface area contributed by atoms with Gasteiger partial charge >= 0.3 is 5.97 Å². The van der Waals surface area contributed by atoms with E-state index in [2.05, 4.69) is 29.0 Å². The third-order valence-corrected chi connectivity index (χ3v) is 8.73. The molecular weight excluding hydrogens is 510 g/mol. The fourth-order valence-electron chi connectivity index (χ4n) is 4.46. The molecule has 0 aromatic carbocycles. The van der Waals surface area contributed by atoms with Crippen LogP contribution in [0.3, 0.4) is 0 Å². The van der Waals surface area contributed by atoms with Crippen molar-refractivity contribution in [3.63, 3.8) is 0 Å². The van der Waals surface area contributed by atoms with Crippen LogP contribution >= 0.6 is 22.7 Å². The van der Waals surface area contributed by atoms with Gasteiger partial charge in [-0.15, -0.1) is 11.3 Å². The molecule has 0 spiro atoms. The Labute approximate surface area is 224 Å². The molecule has 1 aliphatic rings. The average Bonchev–Trinajstić information content (AvgIpc) is 3.42. The van der Waals surface area contributed by atoms with E-state index in [9.17, 15) is 14.4 Å². The fourth-order valence-corrected chi connectivity index (χ4v) is 6.61. The summed E-state index contributed by atoms with van der Waals surface area (Å²) in [5.74, 6) is -0.0222. The molecule has 11 heteroatoms. The first-order valence-corrected chi connectivity index (χ1v) is 14.6. The Kier molecular flexibility index (Phi) is 8.76. The van der Waals surface area contributed by atoms with Gasteiger partial charge in [-0.2, -0.15) is 0 Å². The number of rotatable bonds is 10. The number of ether oxygens (including phenoxy) is 1. The molecule has 37 heavy (non-hydrogen) atoms. The molecule has 0 saturated heterocycles. The van der Waals surface area contributed by atoms with Gasteiger partial charge in [-0.25, -0.2) is 14.8 Å². The number of nitrogens with one attached hydrogen (secondary N) is 1. The predicted molar refractivity (Wildman–Crippen MR) is 148 cm³/mol. The summed E-state index contributed by atoms with van der Waals surface area (Å²) in [6.07, 6.45) is 4.04.